The Labute approximate surface area is 179 Å². The first-order valence-corrected chi connectivity index (χ1v) is 9.92. The van der Waals surface area contributed by atoms with E-state index in [0.29, 0.717) is 23.5 Å². The predicted octanol–water partition coefficient (Wildman–Crippen LogP) is 2.23. The van der Waals surface area contributed by atoms with E-state index in [9.17, 15) is 0 Å². The van der Waals surface area contributed by atoms with Crippen LogP contribution < -0.4 is 10.6 Å². The van der Waals surface area contributed by atoms with E-state index >= 15 is 0 Å². The largest absolute Gasteiger partial charge is 0.398 e. The van der Waals surface area contributed by atoms with E-state index in [1.165, 1.54) is 6.33 Å². The van der Waals surface area contributed by atoms with Gasteiger partial charge in [-0.15, -0.1) is 0 Å². The van der Waals surface area contributed by atoms with E-state index < -0.39 is 0 Å². The van der Waals surface area contributed by atoms with Crippen molar-refractivity contribution in [1.29, 1.82) is 5.41 Å². The molecule has 0 atom stereocenters. The Kier molecular flexibility index (Phi) is 4.62. The zero-order chi connectivity index (χ0) is 21.4. The van der Waals surface area contributed by atoms with Gasteiger partial charge in [0.1, 0.15) is 12.1 Å². The van der Waals surface area contributed by atoms with Crippen molar-refractivity contribution in [3.63, 3.8) is 0 Å². The highest BCUT2D eigenvalue weighted by Crippen LogP contribution is 2.26. The summed E-state index contributed by atoms with van der Waals surface area (Å²) in [6, 6.07) is 7.48. The van der Waals surface area contributed by atoms with Crippen molar-refractivity contribution in [2.45, 2.75) is 13.0 Å². The van der Waals surface area contributed by atoms with E-state index in [2.05, 4.69) is 29.9 Å². The van der Waals surface area contributed by atoms with Gasteiger partial charge in [0, 0.05) is 61.5 Å². The van der Waals surface area contributed by atoms with Crippen LogP contribution in [0.1, 0.15) is 22.6 Å². The molecule has 0 saturated carbocycles. The molecule has 1 aliphatic rings. The lowest BCUT2D eigenvalue weighted by Crippen LogP contribution is -2.32. The molecule has 0 fully saturated rings. The molecule has 0 bridgehead atoms. The van der Waals surface area contributed by atoms with Crippen molar-refractivity contribution in [1.82, 2.24) is 29.7 Å². The molecule has 0 saturated heterocycles. The predicted molar refractivity (Wildman–Crippen MR) is 118 cm³/mol. The third kappa shape index (κ3) is 3.61. The highest BCUT2D eigenvalue weighted by atomic mass is 15.2. The van der Waals surface area contributed by atoms with E-state index in [0.717, 1.165) is 41.3 Å². The molecule has 0 spiro atoms. The number of anilines is 2. The van der Waals surface area contributed by atoms with E-state index in [-0.39, 0.29) is 5.71 Å². The molecular formula is C22H21N9. The zero-order valence-electron chi connectivity index (χ0n) is 17.0. The SMILES string of the molecule is Cn1cc(-c2ccc(N)c(C(=N)c3cc(N4CCc5nccnc5C4)ncn3)c2)cn1. The van der Waals surface area contributed by atoms with Crippen molar-refractivity contribution in [3.8, 4) is 11.1 Å². The van der Waals surface area contributed by atoms with Crippen molar-refractivity contribution >= 4 is 17.2 Å². The second-order valence-corrected chi connectivity index (χ2v) is 7.46. The number of hydrogen-bond acceptors (Lipinski definition) is 8. The van der Waals surface area contributed by atoms with Gasteiger partial charge in [-0.05, 0) is 17.7 Å². The van der Waals surface area contributed by atoms with E-state index in [4.69, 9.17) is 11.1 Å². The molecule has 9 heteroatoms. The molecule has 4 aromatic rings. The minimum Gasteiger partial charge on any atom is -0.398 e. The van der Waals surface area contributed by atoms with Crippen LogP contribution in [0.3, 0.4) is 0 Å². The Morgan fingerprint density at radius 2 is 1.87 bits per heavy atom. The summed E-state index contributed by atoms with van der Waals surface area (Å²) in [5.74, 6) is 0.757. The molecule has 154 valence electrons. The van der Waals surface area contributed by atoms with Gasteiger partial charge in [-0.3, -0.25) is 20.1 Å². The fourth-order valence-corrected chi connectivity index (χ4v) is 3.75. The summed E-state index contributed by atoms with van der Waals surface area (Å²) in [6.45, 7) is 1.42. The number of nitrogens with zero attached hydrogens (tertiary/aromatic N) is 7. The van der Waals surface area contributed by atoms with Gasteiger partial charge in [0.2, 0.25) is 0 Å². The van der Waals surface area contributed by atoms with Crippen LogP contribution in [0.4, 0.5) is 11.5 Å². The Bertz CT molecular complexity index is 1280. The van der Waals surface area contributed by atoms with Gasteiger partial charge < -0.3 is 10.6 Å². The maximum atomic E-state index is 8.77. The fraction of sp³-hybridized carbons (Fsp3) is 0.182. The summed E-state index contributed by atoms with van der Waals surface area (Å²) >= 11 is 0. The Hall–Kier alpha value is -4.14. The quantitative estimate of drug-likeness (QED) is 0.390. The smallest absolute Gasteiger partial charge is 0.132 e. The van der Waals surface area contributed by atoms with Crippen molar-refractivity contribution in [2.24, 2.45) is 7.05 Å². The van der Waals surface area contributed by atoms with Crippen LogP contribution in [0.25, 0.3) is 11.1 Å². The monoisotopic (exact) mass is 411 g/mol. The lowest BCUT2D eigenvalue weighted by Gasteiger charge is -2.28. The Morgan fingerprint density at radius 1 is 1.03 bits per heavy atom. The number of nitrogens with one attached hydrogen (secondary N) is 1. The molecule has 1 aromatic carbocycles. The van der Waals surface area contributed by atoms with Crippen molar-refractivity contribution < 1.29 is 0 Å². The Morgan fingerprint density at radius 3 is 2.68 bits per heavy atom. The molecule has 0 amide bonds. The van der Waals surface area contributed by atoms with Crippen LogP contribution in [-0.4, -0.2) is 42.0 Å². The van der Waals surface area contributed by atoms with Gasteiger partial charge in [-0.25, -0.2) is 9.97 Å². The van der Waals surface area contributed by atoms with Gasteiger partial charge in [0.05, 0.1) is 35.5 Å². The number of nitrogen functional groups attached to an aromatic ring is 1. The molecule has 31 heavy (non-hydrogen) atoms. The van der Waals surface area contributed by atoms with Crippen LogP contribution >= 0.6 is 0 Å². The first-order valence-electron chi connectivity index (χ1n) is 9.92. The molecule has 5 rings (SSSR count). The van der Waals surface area contributed by atoms with Crippen LogP contribution in [0.15, 0.2) is 55.4 Å². The first-order chi connectivity index (χ1) is 15.1. The van der Waals surface area contributed by atoms with Crippen LogP contribution in [0, 0.1) is 5.41 Å². The average Bonchev–Trinajstić information content (AvgIpc) is 3.25. The minimum absolute atomic E-state index is 0.254. The van der Waals surface area contributed by atoms with Crippen molar-refractivity contribution in [3.05, 3.63) is 78.0 Å². The van der Waals surface area contributed by atoms with Crippen LogP contribution in [0.5, 0.6) is 0 Å². The second kappa shape index (κ2) is 7.60. The summed E-state index contributed by atoms with van der Waals surface area (Å²) < 4.78 is 1.74. The lowest BCUT2D eigenvalue weighted by molar-refractivity contribution is 0.680. The topological polar surface area (TPSA) is 122 Å². The standard InChI is InChI=1S/C22H21N9/c1-30-11-15(10-29-30)14-2-3-17(23)16(8-14)22(24)19-9-21(28-13-27-19)31-7-4-18-20(12-31)26-6-5-25-18/h2-3,5-6,8-11,13,24H,4,7,12,23H2,1H3. The normalized spacial score (nSPS) is 13.1. The third-order valence-electron chi connectivity index (χ3n) is 5.41. The minimum atomic E-state index is 0.254. The second-order valence-electron chi connectivity index (χ2n) is 7.46. The molecule has 3 N–H and O–H groups in total. The number of aryl methyl sites for hydroxylation is 1. The molecule has 4 heterocycles. The number of rotatable bonds is 4. The molecule has 0 radical (unpaired) electrons. The van der Waals surface area contributed by atoms with Gasteiger partial charge in [-0.1, -0.05) is 6.07 Å². The molecule has 0 unspecified atom stereocenters. The third-order valence-corrected chi connectivity index (χ3v) is 5.41. The maximum Gasteiger partial charge on any atom is 0.132 e. The van der Waals surface area contributed by atoms with Crippen LogP contribution in [-0.2, 0) is 20.0 Å². The van der Waals surface area contributed by atoms with Crippen molar-refractivity contribution in [2.75, 3.05) is 17.2 Å². The van der Waals surface area contributed by atoms with Gasteiger partial charge in [0.25, 0.3) is 0 Å². The summed E-state index contributed by atoms with van der Waals surface area (Å²) in [7, 11) is 1.87. The summed E-state index contributed by atoms with van der Waals surface area (Å²) in [4.78, 5) is 19.7. The lowest BCUT2D eigenvalue weighted by atomic mass is 9.99. The molecule has 9 nitrogen and oxygen atoms in total. The number of hydrogen-bond donors (Lipinski definition) is 2. The number of fused-ring (bicyclic) bond motifs is 1. The fourth-order valence-electron chi connectivity index (χ4n) is 3.75. The van der Waals surface area contributed by atoms with Crippen LogP contribution in [0.2, 0.25) is 0 Å². The molecular weight excluding hydrogens is 390 g/mol. The highest BCUT2D eigenvalue weighted by Gasteiger charge is 2.21. The highest BCUT2D eigenvalue weighted by molar-refractivity contribution is 6.13. The summed E-state index contributed by atoms with van der Waals surface area (Å²) in [5.41, 5.74) is 12.0. The average molecular weight is 411 g/mol. The zero-order valence-corrected chi connectivity index (χ0v) is 17.0. The summed E-state index contributed by atoms with van der Waals surface area (Å²) in [5, 5.41) is 13.0. The van der Waals surface area contributed by atoms with Gasteiger partial charge in [-0.2, -0.15) is 5.10 Å². The van der Waals surface area contributed by atoms with E-state index in [1.54, 1.807) is 23.3 Å². The first kappa shape index (κ1) is 18.9. The summed E-state index contributed by atoms with van der Waals surface area (Å²) in [6.07, 6.45) is 9.45. The molecule has 3 aromatic heterocycles. The number of nitrogens with two attached hydrogens (primary N) is 1. The molecule has 0 aliphatic carbocycles. The van der Waals surface area contributed by atoms with E-state index in [1.807, 2.05) is 37.5 Å². The van der Waals surface area contributed by atoms with Gasteiger partial charge in [0.15, 0.2) is 0 Å². The maximum absolute atomic E-state index is 8.77. The number of aromatic nitrogens is 6. The Balaban J connectivity index is 1.45. The van der Waals surface area contributed by atoms with Gasteiger partial charge >= 0.3 is 0 Å². The number of benzene rings is 1. The molecule has 1 aliphatic heterocycles.